The van der Waals surface area contributed by atoms with E-state index >= 15 is 0 Å². The minimum atomic E-state index is -3.24. The number of ether oxygens (including phenoxy) is 2. The van der Waals surface area contributed by atoms with Gasteiger partial charge in [-0.25, -0.2) is 0 Å². The van der Waals surface area contributed by atoms with Gasteiger partial charge in [0.05, 0.1) is 11.3 Å². The first-order chi connectivity index (χ1) is 15.4. The van der Waals surface area contributed by atoms with Crippen LogP contribution < -0.4 is 9.47 Å². The van der Waals surface area contributed by atoms with Crippen LogP contribution in [0.4, 0.5) is 17.6 Å². The van der Waals surface area contributed by atoms with Crippen LogP contribution in [0.1, 0.15) is 34.9 Å². The number of hydrogen-bond acceptors (Lipinski definition) is 6. The van der Waals surface area contributed by atoms with Gasteiger partial charge in [-0.3, -0.25) is 9.36 Å². The van der Waals surface area contributed by atoms with Crippen LogP contribution in [0.25, 0.3) is 5.69 Å². The molecule has 11 heteroatoms. The van der Waals surface area contributed by atoms with E-state index in [1.165, 1.54) is 0 Å². The molecule has 1 aliphatic rings. The maximum atomic E-state index is 12.8. The van der Waals surface area contributed by atoms with Gasteiger partial charge >= 0.3 is 13.2 Å². The number of carbonyl (C=O) groups excluding carboxylic acids is 1. The number of halogens is 4. The van der Waals surface area contributed by atoms with E-state index in [9.17, 15) is 22.4 Å². The summed E-state index contributed by atoms with van der Waals surface area (Å²) in [5.74, 6) is -0.498. The summed E-state index contributed by atoms with van der Waals surface area (Å²) in [5.41, 5.74) is 0.678. The molecule has 0 aliphatic heterocycles. The third-order valence-electron chi connectivity index (χ3n) is 4.64. The van der Waals surface area contributed by atoms with Gasteiger partial charge in [-0.15, -0.1) is 10.2 Å². The highest BCUT2D eigenvalue weighted by molar-refractivity contribution is 7.99. The molecule has 6 nitrogen and oxygen atoms in total. The second-order valence-corrected chi connectivity index (χ2v) is 7.86. The molecule has 0 amide bonds. The van der Waals surface area contributed by atoms with Crippen molar-refractivity contribution >= 4 is 17.5 Å². The molecule has 0 unspecified atom stereocenters. The zero-order valence-electron chi connectivity index (χ0n) is 16.5. The minimum absolute atomic E-state index is 0.149. The number of ketones is 1. The van der Waals surface area contributed by atoms with E-state index in [4.69, 9.17) is 0 Å². The lowest BCUT2D eigenvalue weighted by Crippen LogP contribution is -2.11. The number of thioether (sulfide) groups is 1. The number of alkyl halides is 4. The highest BCUT2D eigenvalue weighted by Gasteiger charge is 2.31. The maximum Gasteiger partial charge on any atom is 0.387 e. The van der Waals surface area contributed by atoms with E-state index in [2.05, 4.69) is 19.7 Å². The molecule has 1 fully saturated rings. The highest BCUT2D eigenvalue weighted by Crippen LogP contribution is 2.41. The molecular formula is C21H17F4N3O3S. The van der Waals surface area contributed by atoms with Crippen molar-refractivity contribution in [1.82, 2.24) is 14.8 Å². The summed E-state index contributed by atoms with van der Waals surface area (Å²) in [5, 5.41) is 8.96. The van der Waals surface area contributed by atoms with Crippen molar-refractivity contribution in [3.63, 3.8) is 0 Å². The summed E-state index contributed by atoms with van der Waals surface area (Å²) in [7, 11) is 0. The van der Waals surface area contributed by atoms with Crippen LogP contribution in [0, 0.1) is 0 Å². The van der Waals surface area contributed by atoms with Crippen molar-refractivity contribution in [2.24, 2.45) is 0 Å². The number of benzene rings is 2. The molecule has 1 aromatic heterocycles. The first kappa shape index (κ1) is 22.1. The summed E-state index contributed by atoms with van der Waals surface area (Å²) >= 11 is 1.10. The highest BCUT2D eigenvalue weighted by atomic mass is 32.2. The average molecular weight is 467 g/mol. The number of para-hydroxylation sites is 1. The largest absolute Gasteiger partial charge is 0.435 e. The van der Waals surface area contributed by atoms with Crippen LogP contribution in [0.3, 0.4) is 0 Å². The van der Waals surface area contributed by atoms with Crippen LogP contribution in [0.15, 0.2) is 53.7 Å². The van der Waals surface area contributed by atoms with Gasteiger partial charge in [0.2, 0.25) is 0 Å². The quantitative estimate of drug-likeness (QED) is 0.228. The fraction of sp³-hybridized carbons (Fsp3) is 0.286. The van der Waals surface area contributed by atoms with Crippen molar-refractivity contribution < 1.29 is 31.8 Å². The molecule has 1 aliphatic carbocycles. The molecule has 32 heavy (non-hydrogen) atoms. The van der Waals surface area contributed by atoms with E-state index in [-0.39, 0.29) is 11.3 Å². The molecule has 2 aromatic carbocycles. The Balaban J connectivity index is 1.55. The van der Waals surface area contributed by atoms with Gasteiger partial charge in [-0.05, 0) is 37.1 Å². The Morgan fingerprint density at radius 3 is 2.41 bits per heavy atom. The third kappa shape index (κ3) is 5.21. The van der Waals surface area contributed by atoms with Crippen LogP contribution in [-0.4, -0.2) is 39.5 Å². The van der Waals surface area contributed by atoms with Gasteiger partial charge in [-0.1, -0.05) is 30.0 Å². The number of Topliss-reactive ketones (excluding diaryl/α,β-unsaturated/α-hetero) is 1. The van der Waals surface area contributed by atoms with Crippen LogP contribution in [0.5, 0.6) is 11.5 Å². The second-order valence-electron chi connectivity index (χ2n) is 6.91. The Hall–Kier alpha value is -3.08. The molecule has 0 saturated heterocycles. The Morgan fingerprint density at radius 2 is 1.75 bits per heavy atom. The monoisotopic (exact) mass is 467 g/mol. The molecule has 1 saturated carbocycles. The van der Waals surface area contributed by atoms with Gasteiger partial charge in [0.25, 0.3) is 0 Å². The summed E-state index contributed by atoms with van der Waals surface area (Å²) < 4.78 is 60.9. The topological polar surface area (TPSA) is 66.2 Å². The molecule has 0 atom stereocenters. The zero-order valence-corrected chi connectivity index (χ0v) is 17.3. The predicted octanol–water partition coefficient (Wildman–Crippen LogP) is 5.32. The van der Waals surface area contributed by atoms with E-state index in [1.807, 2.05) is 34.9 Å². The van der Waals surface area contributed by atoms with E-state index < -0.39 is 30.5 Å². The molecule has 4 rings (SSSR count). The number of carbonyl (C=O) groups is 1. The molecule has 1 heterocycles. The molecular weight excluding hydrogens is 450 g/mol. The maximum absolute atomic E-state index is 12.8. The lowest BCUT2D eigenvalue weighted by molar-refractivity contribution is -0.0544. The lowest BCUT2D eigenvalue weighted by Gasteiger charge is -2.13. The summed E-state index contributed by atoms with van der Waals surface area (Å²) in [6.07, 6.45) is 2.02. The first-order valence-electron chi connectivity index (χ1n) is 9.62. The average Bonchev–Trinajstić information content (AvgIpc) is 3.51. The normalized spacial score (nSPS) is 13.6. The van der Waals surface area contributed by atoms with Crippen molar-refractivity contribution in [2.75, 3.05) is 5.75 Å². The van der Waals surface area contributed by atoms with Crippen molar-refractivity contribution in [1.29, 1.82) is 0 Å². The van der Waals surface area contributed by atoms with Crippen LogP contribution in [-0.2, 0) is 0 Å². The Kier molecular flexibility index (Phi) is 6.63. The standard InChI is InChI=1S/C21H17F4N3O3S/c22-19(23)30-14-8-9-15(17(10-14)31-20(24)25)16(29)11-32-21-27-26-18(12-6-7-12)28(21)13-4-2-1-3-5-13/h1-5,8-10,12,19-20H,6-7,11H2. The zero-order chi connectivity index (χ0) is 22.7. The Labute approximate surface area is 184 Å². The number of aromatic nitrogens is 3. The summed E-state index contributed by atoms with van der Waals surface area (Å²) in [6, 6.07) is 12.5. The second kappa shape index (κ2) is 9.60. The van der Waals surface area contributed by atoms with Gasteiger partial charge in [0.15, 0.2) is 10.9 Å². The van der Waals surface area contributed by atoms with Crippen molar-refractivity contribution in [2.45, 2.75) is 37.1 Å². The van der Waals surface area contributed by atoms with Gasteiger partial charge < -0.3 is 9.47 Å². The molecule has 0 bridgehead atoms. The van der Waals surface area contributed by atoms with Crippen molar-refractivity contribution in [3.8, 4) is 17.2 Å². The van der Waals surface area contributed by atoms with Crippen molar-refractivity contribution in [3.05, 3.63) is 59.9 Å². The number of nitrogens with zero attached hydrogens (tertiary/aromatic N) is 3. The Bertz CT molecular complexity index is 1090. The van der Waals surface area contributed by atoms with E-state index in [0.29, 0.717) is 11.1 Å². The SMILES string of the molecule is O=C(CSc1nnc(C2CC2)n1-c1ccccc1)c1ccc(OC(F)F)cc1OC(F)F. The van der Waals surface area contributed by atoms with E-state index in [0.717, 1.165) is 54.3 Å². The summed E-state index contributed by atoms with van der Waals surface area (Å²) in [6.45, 7) is -6.38. The smallest absolute Gasteiger partial charge is 0.387 e. The number of rotatable bonds is 10. The summed E-state index contributed by atoms with van der Waals surface area (Å²) in [4.78, 5) is 12.8. The first-order valence-corrected chi connectivity index (χ1v) is 10.6. The fourth-order valence-electron chi connectivity index (χ4n) is 3.11. The molecule has 0 radical (unpaired) electrons. The molecule has 0 N–H and O–H groups in total. The molecule has 168 valence electrons. The molecule has 3 aromatic rings. The molecule has 0 spiro atoms. The van der Waals surface area contributed by atoms with Crippen LogP contribution in [0.2, 0.25) is 0 Å². The van der Waals surface area contributed by atoms with Gasteiger partial charge in [0.1, 0.15) is 17.3 Å². The third-order valence-corrected chi connectivity index (χ3v) is 5.57. The fourth-order valence-corrected chi connectivity index (χ4v) is 3.95. The van der Waals surface area contributed by atoms with Gasteiger partial charge in [-0.2, -0.15) is 17.6 Å². The number of hydrogen-bond donors (Lipinski definition) is 0. The van der Waals surface area contributed by atoms with Crippen LogP contribution >= 0.6 is 11.8 Å². The lowest BCUT2D eigenvalue weighted by atomic mass is 10.1. The predicted molar refractivity (Wildman–Crippen MR) is 108 cm³/mol. The van der Waals surface area contributed by atoms with Gasteiger partial charge in [0, 0.05) is 17.7 Å². The Morgan fingerprint density at radius 1 is 1.03 bits per heavy atom. The van der Waals surface area contributed by atoms with E-state index in [1.54, 1.807) is 0 Å². The minimum Gasteiger partial charge on any atom is -0.435 e.